The largest absolute Gasteiger partial charge is 0.392 e. The van der Waals surface area contributed by atoms with E-state index in [1.807, 2.05) is 13.8 Å². The van der Waals surface area contributed by atoms with Crippen LogP contribution in [0.2, 0.25) is 0 Å². The van der Waals surface area contributed by atoms with Gasteiger partial charge >= 0.3 is 0 Å². The summed E-state index contributed by atoms with van der Waals surface area (Å²) in [5.74, 6) is -1.18. The van der Waals surface area contributed by atoms with Gasteiger partial charge in [-0.05, 0) is 41.7 Å². The van der Waals surface area contributed by atoms with Gasteiger partial charge in [-0.2, -0.15) is 0 Å². The molecule has 10 nitrogen and oxygen atoms in total. The number of anilines is 1. The molecule has 0 bridgehead atoms. The van der Waals surface area contributed by atoms with E-state index in [4.69, 9.17) is 16.7 Å². The molecular formula is C33H36ClN3O7S2. The van der Waals surface area contributed by atoms with Crippen LogP contribution in [-0.4, -0.2) is 55.5 Å². The number of nitrogens with one attached hydrogen (secondary N) is 1. The van der Waals surface area contributed by atoms with E-state index >= 15 is 0 Å². The normalized spacial score (nSPS) is 17.0. The molecule has 0 spiro atoms. The van der Waals surface area contributed by atoms with Crippen molar-refractivity contribution in [2.45, 2.75) is 46.1 Å². The van der Waals surface area contributed by atoms with Crippen LogP contribution in [0.1, 0.15) is 56.2 Å². The number of benzene rings is 3. The van der Waals surface area contributed by atoms with Crippen molar-refractivity contribution in [2.75, 3.05) is 18.4 Å². The minimum atomic E-state index is -3.92. The molecule has 0 unspecified atom stereocenters. The van der Waals surface area contributed by atoms with Gasteiger partial charge < -0.3 is 10.4 Å². The molecular weight excluding hydrogens is 650 g/mol. The highest BCUT2D eigenvalue weighted by Gasteiger charge is 2.44. The van der Waals surface area contributed by atoms with Gasteiger partial charge in [-0.3, -0.25) is 9.59 Å². The molecule has 0 aliphatic carbocycles. The van der Waals surface area contributed by atoms with Crippen LogP contribution in [0, 0.1) is 0 Å². The van der Waals surface area contributed by atoms with Crippen LogP contribution in [0.4, 0.5) is 5.69 Å². The highest BCUT2D eigenvalue weighted by molar-refractivity contribution is 8.00. The maximum Gasteiger partial charge on any atom is 0.285 e. The van der Waals surface area contributed by atoms with Gasteiger partial charge in [0.1, 0.15) is 20.5 Å². The van der Waals surface area contributed by atoms with Gasteiger partial charge in [-0.25, -0.2) is 25.4 Å². The van der Waals surface area contributed by atoms with Crippen molar-refractivity contribution in [1.29, 1.82) is 0 Å². The first-order chi connectivity index (χ1) is 22.0. The number of nitrogens with zero attached hydrogens (tertiary/aromatic N) is 2. The third-order valence-corrected chi connectivity index (χ3v) is 11.5. The summed E-state index contributed by atoms with van der Waals surface area (Å²) in [5, 5.41) is 11.9. The second-order valence-electron chi connectivity index (χ2n) is 10.5. The molecule has 0 radical (unpaired) electrons. The molecule has 0 saturated heterocycles. The Bertz CT molecular complexity index is 1840. The number of carbonyl (C=O) groups excluding carboxylic acids is 2. The molecule has 3 aromatic carbocycles. The average Bonchev–Trinajstić information content (AvgIpc) is 3.35. The number of amides is 2. The van der Waals surface area contributed by atoms with Crippen molar-refractivity contribution in [3.63, 3.8) is 0 Å². The SMILES string of the molecule is CCCCN1C(=O)C(Cl)=C(c2ccccc2)S1(=O)=O.CCCCN1C(=O)C(Nc2ccc(CO)cc2)=C(c2ccccc2)S1(=O)=O. The number of sulfonamides is 2. The summed E-state index contributed by atoms with van der Waals surface area (Å²) in [5.41, 5.74) is 2.28. The zero-order chi connectivity index (χ0) is 33.5. The molecule has 0 saturated carbocycles. The van der Waals surface area contributed by atoms with Crippen LogP contribution in [0.3, 0.4) is 0 Å². The predicted molar refractivity (Wildman–Crippen MR) is 180 cm³/mol. The fraction of sp³-hybridized carbons (Fsp3) is 0.273. The maximum atomic E-state index is 13.1. The first-order valence-electron chi connectivity index (χ1n) is 14.8. The molecule has 2 amide bonds. The Morgan fingerprint density at radius 1 is 0.674 bits per heavy atom. The van der Waals surface area contributed by atoms with Gasteiger partial charge in [0.15, 0.2) is 0 Å². The molecule has 2 heterocycles. The summed E-state index contributed by atoms with van der Waals surface area (Å²) in [6.45, 7) is 4.12. The standard InChI is InChI=1S/C20H22N2O4S.C13H14ClNO3S/c1-2-3-13-22-20(24)18(21-17-11-9-15(14-23)10-12-17)19(27(22,25)26)16-7-5-4-6-8-16;1-2-3-9-15-13(16)11(14)12(19(15,17)18)10-7-5-4-6-8-10/h4-12,21,23H,2-3,13-14H2,1H3;4-8H,2-3,9H2,1H3. The Balaban J connectivity index is 0.000000222. The van der Waals surface area contributed by atoms with E-state index in [2.05, 4.69) is 5.32 Å². The molecule has 3 aromatic rings. The van der Waals surface area contributed by atoms with Crippen molar-refractivity contribution >= 4 is 59.0 Å². The van der Waals surface area contributed by atoms with E-state index < -0.39 is 31.9 Å². The second kappa shape index (κ2) is 15.1. The average molecular weight is 686 g/mol. The lowest BCUT2D eigenvalue weighted by molar-refractivity contribution is -0.122. The monoisotopic (exact) mass is 685 g/mol. The Morgan fingerprint density at radius 2 is 1.13 bits per heavy atom. The molecule has 13 heteroatoms. The van der Waals surface area contributed by atoms with Crippen LogP contribution in [-0.2, 0) is 36.2 Å². The highest BCUT2D eigenvalue weighted by Crippen LogP contribution is 2.38. The number of rotatable bonds is 11. The summed E-state index contributed by atoms with van der Waals surface area (Å²) < 4.78 is 52.7. The van der Waals surface area contributed by atoms with Gasteiger partial charge in [0.2, 0.25) is 0 Å². The lowest BCUT2D eigenvalue weighted by atomic mass is 10.1. The molecule has 46 heavy (non-hydrogen) atoms. The van der Waals surface area contributed by atoms with E-state index in [1.165, 1.54) is 0 Å². The smallest absolute Gasteiger partial charge is 0.285 e. The van der Waals surface area contributed by atoms with E-state index in [0.717, 1.165) is 27.0 Å². The zero-order valence-electron chi connectivity index (χ0n) is 25.5. The number of aliphatic hydroxyl groups excluding tert-OH is 1. The molecule has 2 aliphatic heterocycles. The van der Waals surface area contributed by atoms with Gasteiger partial charge in [0.05, 0.1) is 6.61 Å². The number of carbonyl (C=O) groups is 2. The number of halogens is 1. The molecule has 0 aromatic heterocycles. The first kappa shape index (κ1) is 34.9. The van der Waals surface area contributed by atoms with E-state index in [1.54, 1.807) is 84.9 Å². The third-order valence-electron chi connectivity index (χ3n) is 7.28. The number of hydrogen-bond acceptors (Lipinski definition) is 8. The zero-order valence-corrected chi connectivity index (χ0v) is 27.9. The Morgan fingerprint density at radius 3 is 1.61 bits per heavy atom. The summed E-state index contributed by atoms with van der Waals surface area (Å²) in [4.78, 5) is 24.8. The fourth-order valence-electron chi connectivity index (χ4n) is 4.85. The molecule has 244 valence electrons. The number of hydrogen-bond donors (Lipinski definition) is 2. The summed E-state index contributed by atoms with van der Waals surface area (Å²) >= 11 is 5.93. The Kier molecular flexibility index (Phi) is 11.4. The molecule has 5 rings (SSSR count). The van der Waals surface area contributed by atoms with E-state index in [9.17, 15) is 26.4 Å². The molecule has 2 aliphatic rings. The Labute approximate surface area is 275 Å². The fourth-order valence-corrected chi connectivity index (χ4v) is 8.78. The van der Waals surface area contributed by atoms with Crippen LogP contribution in [0.5, 0.6) is 0 Å². The molecule has 0 fully saturated rings. The maximum absolute atomic E-state index is 13.1. The minimum absolute atomic E-state index is 0.00422. The van der Waals surface area contributed by atoms with Crippen LogP contribution >= 0.6 is 11.6 Å². The number of unbranched alkanes of at least 4 members (excludes halogenated alkanes) is 2. The molecule has 2 N–H and O–H groups in total. The molecule has 0 atom stereocenters. The van der Waals surface area contributed by atoms with Crippen molar-refractivity contribution in [3.8, 4) is 0 Å². The van der Waals surface area contributed by atoms with Crippen molar-refractivity contribution in [3.05, 3.63) is 112 Å². The van der Waals surface area contributed by atoms with Crippen molar-refractivity contribution in [2.24, 2.45) is 0 Å². The summed E-state index contributed by atoms with van der Waals surface area (Å²) in [6.07, 6.45) is 2.81. The summed E-state index contributed by atoms with van der Waals surface area (Å²) in [7, 11) is -7.74. The van der Waals surface area contributed by atoms with E-state index in [-0.39, 0.29) is 40.2 Å². The van der Waals surface area contributed by atoms with Gasteiger partial charge in [0, 0.05) is 18.8 Å². The Hall–Kier alpha value is -3.97. The van der Waals surface area contributed by atoms with Crippen LogP contribution in [0.15, 0.2) is 95.7 Å². The van der Waals surface area contributed by atoms with Gasteiger partial charge in [-0.15, -0.1) is 0 Å². The lowest BCUT2D eigenvalue weighted by Crippen LogP contribution is -2.33. The quantitative estimate of drug-likeness (QED) is 0.270. The second-order valence-corrected chi connectivity index (χ2v) is 14.5. The highest BCUT2D eigenvalue weighted by atomic mass is 35.5. The third kappa shape index (κ3) is 7.20. The van der Waals surface area contributed by atoms with Gasteiger partial charge in [-0.1, -0.05) is 111 Å². The lowest BCUT2D eigenvalue weighted by Gasteiger charge is -2.16. The summed E-state index contributed by atoms with van der Waals surface area (Å²) in [6, 6.07) is 23.9. The van der Waals surface area contributed by atoms with Crippen molar-refractivity contribution < 1.29 is 31.5 Å². The van der Waals surface area contributed by atoms with E-state index in [0.29, 0.717) is 29.7 Å². The van der Waals surface area contributed by atoms with Crippen LogP contribution < -0.4 is 5.32 Å². The van der Waals surface area contributed by atoms with Gasteiger partial charge in [0.25, 0.3) is 31.9 Å². The van der Waals surface area contributed by atoms with Crippen molar-refractivity contribution in [1.82, 2.24) is 8.61 Å². The topological polar surface area (TPSA) is 141 Å². The van der Waals surface area contributed by atoms with Crippen LogP contribution in [0.25, 0.3) is 9.81 Å². The predicted octanol–water partition coefficient (Wildman–Crippen LogP) is 5.50. The first-order valence-corrected chi connectivity index (χ1v) is 18.1. The number of aliphatic hydroxyl groups is 1. The minimum Gasteiger partial charge on any atom is -0.392 e.